The van der Waals surface area contributed by atoms with Crippen LogP contribution < -0.4 is 4.90 Å². The Balaban J connectivity index is 2.16. The maximum atomic E-state index is 9.10. The highest BCUT2D eigenvalue weighted by molar-refractivity contribution is 5.48. The zero-order chi connectivity index (χ0) is 16.3. The van der Waals surface area contributed by atoms with Gasteiger partial charge in [0.1, 0.15) is 0 Å². The molecule has 22 heavy (non-hydrogen) atoms. The number of aryl methyl sites for hydroxylation is 1. The van der Waals surface area contributed by atoms with E-state index in [0.29, 0.717) is 12.5 Å². The average molecular weight is 301 g/mol. The number of aliphatic hydroxyl groups is 1. The lowest BCUT2D eigenvalue weighted by Gasteiger charge is -2.20. The van der Waals surface area contributed by atoms with Gasteiger partial charge in [0.15, 0.2) is 0 Å². The van der Waals surface area contributed by atoms with Crippen molar-refractivity contribution in [3.8, 4) is 0 Å². The maximum Gasteiger partial charge on any atom is 0.0646 e. The summed E-state index contributed by atoms with van der Waals surface area (Å²) in [4.78, 5) is 2.24. The minimum absolute atomic E-state index is 0.119. The first-order chi connectivity index (χ1) is 10.4. The summed E-state index contributed by atoms with van der Waals surface area (Å²) >= 11 is 0. The molecule has 0 spiro atoms. The lowest BCUT2D eigenvalue weighted by molar-refractivity contribution is 0.268. The van der Waals surface area contributed by atoms with Crippen LogP contribution in [0.2, 0.25) is 0 Å². The fourth-order valence-electron chi connectivity index (χ4n) is 2.72. The zero-order valence-corrected chi connectivity index (χ0v) is 14.3. The summed E-state index contributed by atoms with van der Waals surface area (Å²) in [7, 11) is 2.10. The first-order valence-corrected chi connectivity index (χ1v) is 7.89. The summed E-state index contributed by atoms with van der Waals surface area (Å²) in [6.45, 7) is 10.0. The zero-order valence-electron chi connectivity index (χ0n) is 14.3. The van der Waals surface area contributed by atoms with Gasteiger partial charge in [0, 0.05) is 30.5 Å². The quantitative estimate of drug-likeness (QED) is 0.890. The van der Waals surface area contributed by atoms with E-state index in [2.05, 4.69) is 62.1 Å². The molecule has 0 saturated carbocycles. The number of hydrogen-bond donors (Lipinski definition) is 1. The van der Waals surface area contributed by atoms with Crippen LogP contribution in [-0.4, -0.2) is 28.5 Å². The van der Waals surface area contributed by atoms with E-state index in [1.807, 2.05) is 11.6 Å². The predicted molar refractivity (Wildman–Crippen MR) is 91.4 cm³/mol. The predicted octanol–water partition coefficient (Wildman–Crippen LogP) is 3.25. The van der Waals surface area contributed by atoms with Crippen molar-refractivity contribution >= 4 is 5.69 Å². The Morgan fingerprint density at radius 1 is 1.18 bits per heavy atom. The molecule has 1 aromatic carbocycles. The van der Waals surface area contributed by atoms with Crippen molar-refractivity contribution in [2.24, 2.45) is 0 Å². The first kappa shape index (κ1) is 16.6. The molecule has 1 heterocycles. The van der Waals surface area contributed by atoms with Gasteiger partial charge in [-0.2, -0.15) is 5.10 Å². The van der Waals surface area contributed by atoms with Crippen LogP contribution in [-0.2, 0) is 13.1 Å². The molecule has 4 heteroatoms. The molecule has 0 unspecified atom stereocenters. The Bertz CT molecular complexity index is 614. The molecule has 0 bridgehead atoms. The average Bonchev–Trinajstić information content (AvgIpc) is 2.75. The summed E-state index contributed by atoms with van der Waals surface area (Å²) in [6.07, 6.45) is 0. The highest BCUT2D eigenvalue weighted by Crippen LogP contribution is 2.22. The highest BCUT2D eigenvalue weighted by atomic mass is 16.3. The summed E-state index contributed by atoms with van der Waals surface area (Å²) in [6, 6.07) is 8.76. The Labute approximate surface area is 133 Å². The lowest BCUT2D eigenvalue weighted by Crippen LogP contribution is -2.17. The summed E-state index contributed by atoms with van der Waals surface area (Å²) < 4.78 is 1.89. The molecule has 2 rings (SSSR count). The van der Waals surface area contributed by atoms with Crippen LogP contribution in [0.15, 0.2) is 24.3 Å². The van der Waals surface area contributed by atoms with Crippen molar-refractivity contribution < 1.29 is 5.11 Å². The molecule has 0 radical (unpaired) electrons. The minimum atomic E-state index is 0.119. The second kappa shape index (κ2) is 6.97. The number of benzene rings is 1. The molecule has 4 nitrogen and oxygen atoms in total. The summed E-state index contributed by atoms with van der Waals surface area (Å²) in [5.41, 5.74) is 5.98. The van der Waals surface area contributed by atoms with Gasteiger partial charge in [-0.05, 0) is 37.5 Å². The molecule has 0 saturated heterocycles. The maximum absolute atomic E-state index is 9.10. The third-order valence-electron chi connectivity index (χ3n) is 4.24. The van der Waals surface area contributed by atoms with Gasteiger partial charge >= 0.3 is 0 Å². The lowest BCUT2D eigenvalue weighted by atomic mass is 10.0. The van der Waals surface area contributed by atoms with E-state index >= 15 is 0 Å². The Hall–Kier alpha value is -1.81. The van der Waals surface area contributed by atoms with Crippen molar-refractivity contribution in [3.05, 3.63) is 46.8 Å². The number of aliphatic hydroxyl groups excluding tert-OH is 1. The van der Waals surface area contributed by atoms with Gasteiger partial charge in [-0.3, -0.25) is 4.68 Å². The van der Waals surface area contributed by atoms with Crippen molar-refractivity contribution in [2.75, 3.05) is 18.6 Å². The van der Waals surface area contributed by atoms with Gasteiger partial charge in [0.2, 0.25) is 0 Å². The molecule has 2 aromatic rings. The molecule has 1 aromatic heterocycles. The topological polar surface area (TPSA) is 41.3 Å². The van der Waals surface area contributed by atoms with Gasteiger partial charge in [-0.25, -0.2) is 0 Å². The molecule has 0 aliphatic carbocycles. The van der Waals surface area contributed by atoms with E-state index in [-0.39, 0.29) is 6.61 Å². The van der Waals surface area contributed by atoms with Crippen molar-refractivity contribution in [1.29, 1.82) is 0 Å². The monoisotopic (exact) mass is 301 g/mol. The summed E-state index contributed by atoms with van der Waals surface area (Å²) in [5.74, 6) is 0.556. The van der Waals surface area contributed by atoms with Gasteiger partial charge < -0.3 is 10.0 Å². The van der Waals surface area contributed by atoms with Crippen LogP contribution in [0.4, 0.5) is 5.69 Å². The highest BCUT2D eigenvalue weighted by Gasteiger charge is 2.13. The van der Waals surface area contributed by atoms with Crippen molar-refractivity contribution in [1.82, 2.24) is 9.78 Å². The fraction of sp³-hybridized carbons (Fsp3) is 0.500. The minimum Gasteiger partial charge on any atom is -0.394 e. The van der Waals surface area contributed by atoms with E-state index < -0.39 is 0 Å². The van der Waals surface area contributed by atoms with E-state index in [9.17, 15) is 0 Å². The molecular formula is C18H27N3O. The summed E-state index contributed by atoms with van der Waals surface area (Å²) in [5, 5.41) is 13.6. The first-order valence-electron chi connectivity index (χ1n) is 7.89. The third-order valence-corrected chi connectivity index (χ3v) is 4.24. The van der Waals surface area contributed by atoms with Gasteiger partial charge in [0.25, 0.3) is 0 Å². The van der Waals surface area contributed by atoms with Crippen molar-refractivity contribution in [3.63, 3.8) is 0 Å². The SMILES string of the molecule is Cc1nn(CCO)c(C)c1CN(C)c1ccc(C(C)C)cc1. The molecule has 1 N–H and O–H groups in total. The standard InChI is InChI=1S/C18H27N3O/c1-13(2)16-6-8-17(9-7-16)20(5)12-18-14(3)19-21(10-11-22)15(18)4/h6-9,13,22H,10-12H2,1-5H3. The Morgan fingerprint density at radius 3 is 2.36 bits per heavy atom. The largest absolute Gasteiger partial charge is 0.394 e. The van der Waals surface area contributed by atoms with Crippen molar-refractivity contribution in [2.45, 2.75) is 46.7 Å². The molecule has 0 aliphatic rings. The van der Waals surface area contributed by atoms with Gasteiger partial charge in [-0.1, -0.05) is 26.0 Å². The number of anilines is 1. The molecule has 120 valence electrons. The van der Waals surface area contributed by atoms with Gasteiger partial charge in [0.05, 0.1) is 18.8 Å². The normalized spacial score (nSPS) is 11.2. The molecule has 0 atom stereocenters. The smallest absolute Gasteiger partial charge is 0.0646 e. The van der Waals surface area contributed by atoms with Crippen LogP contribution in [0, 0.1) is 13.8 Å². The third kappa shape index (κ3) is 3.50. The van der Waals surface area contributed by atoms with Crippen LogP contribution in [0.5, 0.6) is 0 Å². The second-order valence-electron chi connectivity index (χ2n) is 6.20. The molecule has 0 aliphatic heterocycles. The van der Waals surface area contributed by atoms with Crippen LogP contribution in [0.3, 0.4) is 0 Å². The number of aromatic nitrogens is 2. The second-order valence-corrected chi connectivity index (χ2v) is 6.20. The van der Waals surface area contributed by atoms with E-state index in [0.717, 1.165) is 17.9 Å². The Morgan fingerprint density at radius 2 is 1.82 bits per heavy atom. The van der Waals surface area contributed by atoms with Crippen LogP contribution in [0.25, 0.3) is 0 Å². The molecular weight excluding hydrogens is 274 g/mol. The number of rotatable bonds is 6. The Kier molecular flexibility index (Phi) is 5.24. The molecule has 0 amide bonds. The van der Waals surface area contributed by atoms with Crippen LogP contribution >= 0.6 is 0 Å². The van der Waals surface area contributed by atoms with Crippen LogP contribution in [0.1, 0.15) is 42.3 Å². The van der Waals surface area contributed by atoms with E-state index in [1.165, 1.54) is 16.8 Å². The number of hydrogen-bond acceptors (Lipinski definition) is 3. The number of nitrogens with zero attached hydrogens (tertiary/aromatic N) is 3. The van der Waals surface area contributed by atoms with E-state index in [1.54, 1.807) is 0 Å². The van der Waals surface area contributed by atoms with Gasteiger partial charge in [-0.15, -0.1) is 0 Å². The fourth-order valence-corrected chi connectivity index (χ4v) is 2.72. The molecule has 0 fully saturated rings. The van der Waals surface area contributed by atoms with E-state index in [4.69, 9.17) is 5.11 Å².